The van der Waals surface area contributed by atoms with Crippen LogP contribution in [-0.2, 0) is 0 Å². The van der Waals surface area contributed by atoms with Crippen LogP contribution in [0, 0.1) is 10.4 Å². The van der Waals surface area contributed by atoms with E-state index in [9.17, 15) is 41.6 Å². The molecule has 4 N–H and O–H groups in total. The topological polar surface area (TPSA) is 134 Å². The summed E-state index contributed by atoms with van der Waals surface area (Å²) in [5.41, 5.74) is -6.90. The van der Waals surface area contributed by atoms with E-state index in [0.29, 0.717) is 17.4 Å². The average molecular weight is 392 g/mol. The van der Waals surface area contributed by atoms with Crippen LogP contribution in [-0.4, -0.2) is 34.3 Å². The highest BCUT2D eigenvalue weighted by molar-refractivity contribution is 5.94. The van der Waals surface area contributed by atoms with E-state index in [-0.39, 0.29) is 6.92 Å². The second-order valence-corrected chi connectivity index (χ2v) is 4.95. The molecule has 0 radical (unpaired) electrons. The molecule has 0 atom stereocenters. The van der Waals surface area contributed by atoms with Gasteiger partial charge in [0.2, 0.25) is 5.54 Å². The average Bonchev–Trinajstić information content (AvgIpc) is 2.44. The predicted molar refractivity (Wildman–Crippen MR) is 74.4 cm³/mol. The highest BCUT2D eigenvalue weighted by atomic mass is 19.4. The van der Waals surface area contributed by atoms with Crippen molar-refractivity contribution in [3.8, 4) is 0 Å². The molecule has 1 aromatic carbocycles. The number of carbonyl (C=O) groups is 1. The van der Waals surface area contributed by atoms with Gasteiger partial charge < -0.3 is 26.3 Å². The monoisotopic (exact) mass is 392 g/mol. The number of carbonyl (C=O) groups excluding carboxylic acids is 1. The van der Waals surface area contributed by atoms with Crippen molar-refractivity contribution in [1.82, 2.24) is 5.32 Å². The fourth-order valence-corrected chi connectivity index (χ4v) is 1.59. The van der Waals surface area contributed by atoms with Crippen molar-refractivity contribution in [3.05, 3.63) is 28.6 Å². The summed E-state index contributed by atoms with van der Waals surface area (Å²) >= 11 is 0. The molecule has 9 nitrogen and oxygen atoms in total. The second kappa shape index (κ2) is 7.02. The molecule has 0 saturated carbocycles. The highest BCUT2D eigenvalue weighted by Crippen LogP contribution is 2.42. The van der Waals surface area contributed by atoms with Crippen molar-refractivity contribution in [2.24, 2.45) is 0 Å². The number of hydrogen-bond acceptors (Lipinski definition) is 7. The summed E-state index contributed by atoms with van der Waals surface area (Å²) in [6, 6.07) is -0.109. The fourth-order valence-electron chi connectivity index (χ4n) is 1.59. The zero-order chi connectivity index (χ0) is 20.5. The van der Waals surface area contributed by atoms with E-state index in [0.717, 1.165) is 6.07 Å². The summed E-state index contributed by atoms with van der Waals surface area (Å²) in [6.07, 6.45) is -11.8. The summed E-state index contributed by atoms with van der Waals surface area (Å²) in [5, 5.41) is 39.6. The third-order valence-corrected chi connectivity index (χ3v) is 3.15. The van der Waals surface area contributed by atoms with Crippen molar-refractivity contribution >= 4 is 23.1 Å². The van der Waals surface area contributed by atoms with Gasteiger partial charge >= 0.3 is 18.4 Å². The van der Waals surface area contributed by atoms with Gasteiger partial charge in [0.15, 0.2) is 0 Å². The van der Waals surface area contributed by atoms with Crippen molar-refractivity contribution in [1.29, 1.82) is 0 Å². The summed E-state index contributed by atoms with van der Waals surface area (Å²) < 4.78 is 76.3. The standard InChI is InChI=1S/C11H10F6N4O5/c1-9(10(12,13)14,11(15,16)17)19-8(22)18-6-3-2-5(20(23)24)4-7(6)21(25)26/h2-4,25-26H,1H3,(H2,18,19,22)/q-2. The molecule has 1 rings (SSSR count). The molecule has 0 bridgehead atoms. The van der Waals surface area contributed by atoms with Gasteiger partial charge in [-0.15, -0.1) is 5.23 Å². The van der Waals surface area contributed by atoms with E-state index in [4.69, 9.17) is 10.4 Å². The number of amides is 2. The Morgan fingerprint density at radius 3 is 1.96 bits per heavy atom. The Bertz CT molecular complexity index is 649. The lowest BCUT2D eigenvalue weighted by atomic mass is 10.0. The number of rotatable bonds is 4. The van der Waals surface area contributed by atoms with Gasteiger partial charge in [-0.1, -0.05) is 0 Å². The minimum atomic E-state index is -5.90. The molecule has 0 unspecified atom stereocenters. The van der Waals surface area contributed by atoms with Gasteiger partial charge in [0.05, 0.1) is 5.69 Å². The van der Waals surface area contributed by atoms with Crippen LogP contribution in [0.3, 0.4) is 0 Å². The fraction of sp³-hybridized carbons (Fsp3) is 0.364. The van der Waals surface area contributed by atoms with Gasteiger partial charge in [-0.2, -0.15) is 26.3 Å². The summed E-state index contributed by atoms with van der Waals surface area (Å²) in [7, 11) is 0. The van der Waals surface area contributed by atoms with Gasteiger partial charge in [-0.25, -0.2) is 4.79 Å². The number of urea groups is 1. The lowest BCUT2D eigenvalue weighted by Gasteiger charge is -2.38. The molecule has 0 heterocycles. The first-order valence-electron chi connectivity index (χ1n) is 6.29. The predicted octanol–water partition coefficient (Wildman–Crippen LogP) is 3.08. The Morgan fingerprint density at radius 2 is 1.58 bits per heavy atom. The molecule has 0 aliphatic heterocycles. The summed E-state index contributed by atoms with van der Waals surface area (Å²) in [6.45, 7) is -0.312. The van der Waals surface area contributed by atoms with Crippen LogP contribution in [0.1, 0.15) is 6.92 Å². The molecule has 0 saturated heterocycles. The zero-order valence-electron chi connectivity index (χ0n) is 12.5. The van der Waals surface area contributed by atoms with E-state index in [1.165, 1.54) is 5.32 Å². The van der Waals surface area contributed by atoms with Crippen LogP contribution in [0.15, 0.2) is 18.2 Å². The Hall–Kier alpha value is -2.49. The molecule has 0 aliphatic carbocycles. The maximum absolute atomic E-state index is 12.7. The van der Waals surface area contributed by atoms with E-state index in [1.807, 2.05) is 0 Å². The lowest BCUT2D eigenvalue weighted by molar-refractivity contribution is -0.297. The molecule has 0 fully saturated rings. The third kappa shape index (κ3) is 4.37. The van der Waals surface area contributed by atoms with Crippen LogP contribution in [0.4, 0.5) is 48.2 Å². The van der Waals surface area contributed by atoms with Crippen molar-refractivity contribution in [2.45, 2.75) is 24.8 Å². The van der Waals surface area contributed by atoms with Gasteiger partial charge in [0.1, 0.15) is 5.69 Å². The Labute approximate surface area is 140 Å². The van der Waals surface area contributed by atoms with Crippen molar-refractivity contribution < 1.29 is 41.6 Å². The molecule has 15 heteroatoms. The number of nitrogens with zero attached hydrogens (tertiary/aromatic N) is 2. The normalized spacial score (nSPS) is 12.6. The maximum Gasteiger partial charge on any atom is 0.420 e. The van der Waals surface area contributed by atoms with E-state index in [2.05, 4.69) is 0 Å². The first kappa shape index (κ1) is 21.6. The molecule has 0 aromatic heterocycles. The largest absolute Gasteiger partial charge is 0.769 e. The summed E-state index contributed by atoms with van der Waals surface area (Å²) in [5.74, 6) is 0. The highest BCUT2D eigenvalue weighted by Gasteiger charge is 2.68. The zero-order valence-corrected chi connectivity index (χ0v) is 12.5. The third-order valence-electron chi connectivity index (χ3n) is 3.15. The number of alkyl halides is 6. The van der Waals surface area contributed by atoms with E-state index >= 15 is 0 Å². The quantitative estimate of drug-likeness (QED) is 0.457. The number of nitrogens with one attached hydrogen (secondary N) is 2. The van der Waals surface area contributed by atoms with Gasteiger partial charge in [-0.05, 0) is 25.1 Å². The van der Waals surface area contributed by atoms with E-state index in [1.54, 1.807) is 0 Å². The van der Waals surface area contributed by atoms with Crippen LogP contribution in [0.5, 0.6) is 0 Å². The SMILES string of the molecule is CC(NC(=O)Nc1ccc(N([O-])[O-])cc1N(O)O)(C(F)(F)F)C(F)(F)F. The first-order valence-corrected chi connectivity index (χ1v) is 6.29. The molecular formula is C11H10F6N4O5-2. The molecule has 2 amide bonds. The van der Waals surface area contributed by atoms with Crippen molar-refractivity contribution in [2.75, 3.05) is 15.8 Å². The van der Waals surface area contributed by atoms with Gasteiger partial charge in [-0.3, -0.25) is 10.4 Å². The lowest BCUT2D eigenvalue weighted by Crippen LogP contribution is -2.66. The smallest absolute Gasteiger partial charge is 0.420 e. The summed E-state index contributed by atoms with van der Waals surface area (Å²) in [4.78, 5) is 11.6. The molecule has 148 valence electrons. The second-order valence-electron chi connectivity index (χ2n) is 4.95. The minimum absolute atomic E-state index is 0.312. The number of halogens is 6. The number of benzene rings is 1. The van der Waals surface area contributed by atoms with Gasteiger partial charge in [0.25, 0.3) is 0 Å². The molecular weight excluding hydrogens is 382 g/mol. The molecule has 26 heavy (non-hydrogen) atoms. The molecule has 0 aliphatic rings. The van der Waals surface area contributed by atoms with Crippen LogP contribution >= 0.6 is 0 Å². The van der Waals surface area contributed by atoms with Crippen LogP contribution in [0.25, 0.3) is 0 Å². The Balaban J connectivity index is 3.14. The minimum Gasteiger partial charge on any atom is -0.769 e. The Morgan fingerprint density at radius 1 is 1.08 bits per heavy atom. The van der Waals surface area contributed by atoms with Crippen LogP contribution < -0.4 is 21.1 Å². The first-order chi connectivity index (χ1) is 11.6. The maximum atomic E-state index is 12.7. The van der Waals surface area contributed by atoms with Crippen molar-refractivity contribution in [3.63, 3.8) is 0 Å². The molecule has 0 spiro atoms. The van der Waals surface area contributed by atoms with E-state index < -0.39 is 51.4 Å². The molecule has 1 aromatic rings. The van der Waals surface area contributed by atoms with Gasteiger partial charge in [0, 0.05) is 5.69 Å². The van der Waals surface area contributed by atoms with Crippen LogP contribution in [0.2, 0.25) is 0 Å². The Kier molecular flexibility index (Phi) is 5.82. The number of hydrogen-bond donors (Lipinski definition) is 4. The number of anilines is 3.